The molecule has 0 radical (unpaired) electrons. The first-order chi connectivity index (χ1) is 15.5. The lowest BCUT2D eigenvalue weighted by Crippen LogP contribution is -2.60. The normalized spacial score (nSPS) is 15.3. The van der Waals surface area contributed by atoms with Crippen LogP contribution in [0.3, 0.4) is 0 Å². The molecule has 1 aromatic rings. The smallest absolute Gasteiger partial charge is 0.326 e. The van der Waals surface area contributed by atoms with Crippen molar-refractivity contribution in [2.75, 3.05) is 6.61 Å². The fourth-order valence-corrected chi connectivity index (χ4v) is 2.73. The molecule has 0 saturated carbocycles. The molecule has 9 N–H and O–H groups in total. The molecule has 1 aromatic carbocycles. The van der Waals surface area contributed by atoms with Crippen LogP contribution in [0.2, 0.25) is 0 Å². The van der Waals surface area contributed by atoms with E-state index in [2.05, 4.69) is 10.6 Å². The van der Waals surface area contributed by atoms with Crippen LogP contribution in [0.1, 0.15) is 18.9 Å². The van der Waals surface area contributed by atoms with Gasteiger partial charge in [-0.15, -0.1) is 0 Å². The highest BCUT2D eigenvalue weighted by Gasteiger charge is 2.32. The number of carboxylic acids is 2. The molecule has 0 fully saturated rings. The van der Waals surface area contributed by atoms with Crippen LogP contribution >= 0.6 is 0 Å². The van der Waals surface area contributed by atoms with Crippen LogP contribution in [0.4, 0.5) is 0 Å². The van der Waals surface area contributed by atoms with Gasteiger partial charge in [0.2, 0.25) is 17.7 Å². The third-order valence-corrected chi connectivity index (χ3v) is 4.51. The second kappa shape index (κ2) is 13.1. The molecule has 0 aromatic heterocycles. The second-order valence-electron chi connectivity index (χ2n) is 7.26. The summed E-state index contributed by atoms with van der Waals surface area (Å²) in [5.74, 6) is -6.09. The maximum absolute atomic E-state index is 12.5. The van der Waals surface area contributed by atoms with Gasteiger partial charge in [0.25, 0.3) is 0 Å². The van der Waals surface area contributed by atoms with Crippen molar-refractivity contribution in [2.45, 2.75) is 50.0 Å². The number of hydrogen-bond donors (Lipinski definition) is 8. The minimum absolute atomic E-state index is 0.155. The molecule has 13 heteroatoms. The third kappa shape index (κ3) is 9.22. The molecule has 5 unspecified atom stereocenters. The van der Waals surface area contributed by atoms with Crippen molar-refractivity contribution >= 4 is 29.7 Å². The van der Waals surface area contributed by atoms with Crippen LogP contribution < -0.4 is 21.7 Å². The monoisotopic (exact) mass is 468 g/mol. The molecule has 0 aliphatic carbocycles. The molecule has 1 rings (SSSR count). The Kier molecular flexibility index (Phi) is 10.9. The summed E-state index contributed by atoms with van der Waals surface area (Å²) in [6, 6.07) is 2.75. The predicted octanol–water partition coefficient (Wildman–Crippen LogP) is -3.06. The van der Waals surface area contributed by atoms with E-state index in [9.17, 15) is 34.2 Å². The first kappa shape index (κ1) is 27.5. The Balaban J connectivity index is 2.80. The van der Waals surface area contributed by atoms with E-state index in [1.54, 1.807) is 30.3 Å². The van der Waals surface area contributed by atoms with Crippen LogP contribution in [-0.4, -0.2) is 87.0 Å². The number of nitrogens with one attached hydrogen (secondary N) is 3. The van der Waals surface area contributed by atoms with Gasteiger partial charge in [-0.2, -0.15) is 0 Å². The molecule has 0 aliphatic rings. The van der Waals surface area contributed by atoms with E-state index in [1.165, 1.54) is 6.92 Å². The number of carbonyl (C=O) groups is 5. The van der Waals surface area contributed by atoms with Crippen LogP contribution in [0.25, 0.3) is 0 Å². The number of aliphatic hydroxyl groups excluding tert-OH is 2. The van der Waals surface area contributed by atoms with Gasteiger partial charge in [0.1, 0.15) is 18.1 Å². The van der Waals surface area contributed by atoms with Crippen molar-refractivity contribution in [3.8, 4) is 0 Å². The Bertz CT molecular complexity index is 847. The highest BCUT2D eigenvalue weighted by Crippen LogP contribution is 2.03. The van der Waals surface area contributed by atoms with Gasteiger partial charge in [-0.1, -0.05) is 30.3 Å². The lowest BCUT2D eigenvalue weighted by atomic mass is 10.0. The number of amides is 3. The average Bonchev–Trinajstić information content (AvgIpc) is 2.74. The summed E-state index contributed by atoms with van der Waals surface area (Å²) in [7, 11) is 0. The van der Waals surface area contributed by atoms with Crippen molar-refractivity contribution < 1.29 is 44.4 Å². The van der Waals surface area contributed by atoms with Gasteiger partial charge in [-0.3, -0.25) is 19.2 Å². The topological polar surface area (TPSA) is 228 Å². The Labute approximate surface area is 189 Å². The van der Waals surface area contributed by atoms with Crippen LogP contribution in [0, 0.1) is 0 Å². The second-order valence-corrected chi connectivity index (χ2v) is 7.26. The number of benzene rings is 1. The Morgan fingerprint density at radius 3 is 1.97 bits per heavy atom. The maximum Gasteiger partial charge on any atom is 0.326 e. The number of carbonyl (C=O) groups excluding carboxylic acids is 3. The van der Waals surface area contributed by atoms with Crippen molar-refractivity contribution in [1.82, 2.24) is 16.0 Å². The summed E-state index contributed by atoms with van der Waals surface area (Å²) in [5.41, 5.74) is 6.63. The van der Waals surface area contributed by atoms with Gasteiger partial charge in [0.15, 0.2) is 0 Å². The molecule has 33 heavy (non-hydrogen) atoms. The number of rotatable bonds is 13. The number of aliphatic carboxylic acids is 2. The van der Waals surface area contributed by atoms with Gasteiger partial charge in [-0.05, 0) is 18.9 Å². The van der Waals surface area contributed by atoms with E-state index in [-0.39, 0.29) is 6.42 Å². The zero-order valence-corrected chi connectivity index (χ0v) is 17.8. The van der Waals surface area contributed by atoms with E-state index >= 15 is 0 Å². The van der Waals surface area contributed by atoms with Crippen molar-refractivity contribution in [1.29, 1.82) is 0 Å². The Morgan fingerprint density at radius 1 is 0.909 bits per heavy atom. The van der Waals surface area contributed by atoms with Crippen LogP contribution in [0.15, 0.2) is 30.3 Å². The number of hydrogen-bond acceptors (Lipinski definition) is 8. The zero-order chi connectivity index (χ0) is 25.1. The molecule has 0 bridgehead atoms. The van der Waals surface area contributed by atoms with Gasteiger partial charge in [-0.25, -0.2) is 4.79 Å². The molecular formula is C20H28N4O9. The number of carboxylic acid groups (broad SMARTS) is 2. The predicted molar refractivity (Wildman–Crippen MR) is 113 cm³/mol. The van der Waals surface area contributed by atoms with Gasteiger partial charge >= 0.3 is 11.9 Å². The summed E-state index contributed by atoms with van der Waals surface area (Å²) in [5, 5.41) is 43.3. The minimum atomic E-state index is -1.80. The summed E-state index contributed by atoms with van der Waals surface area (Å²) >= 11 is 0. The highest BCUT2D eigenvalue weighted by atomic mass is 16.4. The SMILES string of the molecule is CC(O)C(NC(=O)C(N)Cc1ccccc1)C(=O)NC(CO)C(=O)NC(CC(=O)O)C(=O)O. The molecule has 0 saturated heterocycles. The fraction of sp³-hybridized carbons (Fsp3) is 0.450. The molecule has 182 valence electrons. The Hall–Kier alpha value is -3.55. The largest absolute Gasteiger partial charge is 0.481 e. The number of aliphatic hydroxyl groups is 2. The lowest BCUT2D eigenvalue weighted by Gasteiger charge is -2.25. The minimum Gasteiger partial charge on any atom is -0.481 e. The summed E-state index contributed by atoms with van der Waals surface area (Å²) < 4.78 is 0. The molecule has 0 heterocycles. The van der Waals surface area contributed by atoms with E-state index in [1.807, 2.05) is 5.32 Å². The first-order valence-electron chi connectivity index (χ1n) is 9.90. The lowest BCUT2D eigenvalue weighted by molar-refractivity contribution is -0.147. The quantitative estimate of drug-likeness (QED) is 0.146. The Morgan fingerprint density at radius 2 is 1.48 bits per heavy atom. The summed E-state index contributed by atoms with van der Waals surface area (Å²) in [6.45, 7) is 0.236. The molecule has 0 aliphatic heterocycles. The van der Waals surface area contributed by atoms with E-state index in [0.717, 1.165) is 5.56 Å². The van der Waals surface area contributed by atoms with Crippen molar-refractivity contribution in [2.24, 2.45) is 5.73 Å². The van der Waals surface area contributed by atoms with Gasteiger partial charge in [0, 0.05) is 0 Å². The highest BCUT2D eigenvalue weighted by molar-refractivity contribution is 5.95. The van der Waals surface area contributed by atoms with Gasteiger partial charge < -0.3 is 42.1 Å². The molecule has 5 atom stereocenters. The number of nitrogens with two attached hydrogens (primary N) is 1. The molecule has 0 spiro atoms. The fourth-order valence-electron chi connectivity index (χ4n) is 2.73. The van der Waals surface area contributed by atoms with E-state index < -0.39 is 73.0 Å². The van der Waals surface area contributed by atoms with Crippen LogP contribution in [0.5, 0.6) is 0 Å². The molecule has 3 amide bonds. The van der Waals surface area contributed by atoms with Crippen LogP contribution in [-0.2, 0) is 30.4 Å². The first-order valence-corrected chi connectivity index (χ1v) is 9.90. The standard InChI is InChI=1S/C20H28N4O9/c1-10(26)16(24-17(29)12(21)7-11-5-3-2-4-6-11)19(31)23-14(9-25)18(30)22-13(20(32)33)8-15(27)28/h2-6,10,12-14,16,25-26H,7-9,21H2,1H3,(H,22,30)(H,23,31)(H,24,29)(H,27,28)(H,32,33). The van der Waals surface area contributed by atoms with E-state index in [0.29, 0.717) is 0 Å². The van der Waals surface area contributed by atoms with Gasteiger partial charge in [0.05, 0.1) is 25.2 Å². The average molecular weight is 468 g/mol. The molecule has 13 nitrogen and oxygen atoms in total. The third-order valence-electron chi connectivity index (χ3n) is 4.51. The van der Waals surface area contributed by atoms with Crippen molar-refractivity contribution in [3.63, 3.8) is 0 Å². The zero-order valence-electron chi connectivity index (χ0n) is 17.8. The molecular weight excluding hydrogens is 440 g/mol. The summed E-state index contributed by atoms with van der Waals surface area (Å²) in [6.07, 6.45) is -2.19. The van der Waals surface area contributed by atoms with Crippen molar-refractivity contribution in [3.05, 3.63) is 35.9 Å². The maximum atomic E-state index is 12.5. The summed E-state index contributed by atoms with van der Waals surface area (Å²) in [4.78, 5) is 59.0. The van der Waals surface area contributed by atoms with E-state index in [4.69, 9.17) is 15.9 Å².